The van der Waals surface area contributed by atoms with E-state index < -0.39 is 6.04 Å². The molecule has 6 nitrogen and oxygen atoms in total. The fourth-order valence-electron chi connectivity index (χ4n) is 2.56. The van der Waals surface area contributed by atoms with Crippen molar-refractivity contribution in [3.05, 3.63) is 47.3 Å². The summed E-state index contributed by atoms with van der Waals surface area (Å²) in [4.78, 5) is 26.6. The number of amides is 2. The number of carbonyl (C=O) groups excluding carboxylic acids is 2. The normalized spacial score (nSPS) is 17.3. The molecule has 3 rings (SSSR count). The SMILES string of the molecule is Cc1ccc(NC(=O)[C@H]2CSCN2C(=O)c2ccn[nH]2)c(C)c1. The second-order valence-electron chi connectivity index (χ2n) is 5.57. The van der Waals surface area contributed by atoms with Crippen molar-refractivity contribution in [3.8, 4) is 0 Å². The van der Waals surface area contributed by atoms with Gasteiger partial charge < -0.3 is 10.2 Å². The molecule has 0 saturated carbocycles. The molecule has 120 valence electrons. The predicted octanol–water partition coefficient (Wildman–Crippen LogP) is 2.18. The Labute approximate surface area is 138 Å². The maximum Gasteiger partial charge on any atom is 0.273 e. The number of benzene rings is 1. The molecule has 2 heterocycles. The summed E-state index contributed by atoms with van der Waals surface area (Å²) in [5.41, 5.74) is 3.34. The summed E-state index contributed by atoms with van der Waals surface area (Å²) in [5, 5.41) is 9.39. The van der Waals surface area contributed by atoms with E-state index in [1.807, 2.05) is 32.0 Å². The standard InChI is InChI=1S/C16H18N4O2S/c1-10-3-4-12(11(2)7-10)18-15(21)14-8-23-9-20(14)16(22)13-5-6-17-19-13/h3-7,14H,8-9H2,1-2H3,(H,17,19)(H,18,21)/t14-/m1/s1. The molecule has 1 aromatic carbocycles. The van der Waals surface area contributed by atoms with Gasteiger partial charge in [0.1, 0.15) is 11.7 Å². The summed E-state index contributed by atoms with van der Waals surface area (Å²) < 4.78 is 0. The molecule has 0 radical (unpaired) electrons. The maximum absolute atomic E-state index is 12.6. The molecular formula is C16H18N4O2S. The largest absolute Gasteiger partial charge is 0.324 e. The number of anilines is 1. The van der Waals surface area contributed by atoms with Gasteiger partial charge in [-0.1, -0.05) is 17.7 Å². The van der Waals surface area contributed by atoms with E-state index in [9.17, 15) is 9.59 Å². The smallest absolute Gasteiger partial charge is 0.273 e. The second kappa shape index (κ2) is 6.45. The van der Waals surface area contributed by atoms with Gasteiger partial charge in [-0.25, -0.2) is 0 Å². The fourth-order valence-corrected chi connectivity index (χ4v) is 3.71. The highest BCUT2D eigenvalue weighted by Gasteiger charge is 2.35. The highest BCUT2D eigenvalue weighted by molar-refractivity contribution is 7.99. The third kappa shape index (κ3) is 3.24. The Morgan fingerprint density at radius 2 is 2.17 bits per heavy atom. The number of nitrogens with zero attached hydrogens (tertiary/aromatic N) is 2. The van der Waals surface area contributed by atoms with E-state index in [4.69, 9.17) is 0 Å². The van der Waals surface area contributed by atoms with Gasteiger partial charge in [0.2, 0.25) is 5.91 Å². The van der Waals surface area contributed by atoms with Crippen molar-refractivity contribution in [1.29, 1.82) is 0 Å². The van der Waals surface area contributed by atoms with Crippen molar-refractivity contribution in [2.24, 2.45) is 0 Å². The highest BCUT2D eigenvalue weighted by atomic mass is 32.2. The first-order chi connectivity index (χ1) is 11.1. The summed E-state index contributed by atoms with van der Waals surface area (Å²) in [5.74, 6) is 0.738. The molecule has 2 aromatic rings. The zero-order valence-corrected chi connectivity index (χ0v) is 13.8. The van der Waals surface area contributed by atoms with Crippen molar-refractivity contribution < 1.29 is 9.59 Å². The first kappa shape index (κ1) is 15.6. The van der Waals surface area contributed by atoms with Gasteiger partial charge in [-0.15, -0.1) is 11.8 Å². The minimum absolute atomic E-state index is 0.158. The minimum Gasteiger partial charge on any atom is -0.324 e. The predicted molar refractivity (Wildman–Crippen MR) is 90.4 cm³/mol. The average Bonchev–Trinajstić information content (AvgIpc) is 3.20. The van der Waals surface area contributed by atoms with Crippen LogP contribution in [0.25, 0.3) is 0 Å². The Morgan fingerprint density at radius 1 is 1.35 bits per heavy atom. The molecule has 2 N–H and O–H groups in total. The lowest BCUT2D eigenvalue weighted by molar-refractivity contribution is -0.119. The number of hydrogen-bond acceptors (Lipinski definition) is 4. The summed E-state index contributed by atoms with van der Waals surface area (Å²) in [6.45, 7) is 3.97. The number of aromatic nitrogens is 2. The Morgan fingerprint density at radius 3 is 2.87 bits per heavy atom. The van der Waals surface area contributed by atoms with E-state index in [0.717, 1.165) is 16.8 Å². The quantitative estimate of drug-likeness (QED) is 0.904. The van der Waals surface area contributed by atoms with Crippen molar-refractivity contribution in [3.63, 3.8) is 0 Å². The van der Waals surface area contributed by atoms with Gasteiger partial charge in [-0.05, 0) is 31.5 Å². The van der Waals surface area contributed by atoms with Crippen molar-refractivity contribution >= 4 is 29.3 Å². The zero-order valence-electron chi connectivity index (χ0n) is 13.0. The van der Waals surface area contributed by atoms with Gasteiger partial charge >= 0.3 is 0 Å². The molecule has 23 heavy (non-hydrogen) atoms. The van der Waals surface area contributed by atoms with Gasteiger partial charge in [0.25, 0.3) is 5.91 Å². The Balaban J connectivity index is 1.74. The number of aryl methyl sites for hydroxylation is 2. The van der Waals surface area contributed by atoms with E-state index in [1.54, 1.807) is 22.7 Å². The highest BCUT2D eigenvalue weighted by Crippen LogP contribution is 2.24. The topological polar surface area (TPSA) is 78.1 Å². The van der Waals surface area contributed by atoms with Crippen LogP contribution < -0.4 is 5.32 Å². The molecule has 0 bridgehead atoms. The number of nitrogens with one attached hydrogen (secondary N) is 2. The molecule has 0 aliphatic carbocycles. The number of thioether (sulfide) groups is 1. The van der Waals surface area contributed by atoms with Crippen LogP contribution in [0.2, 0.25) is 0 Å². The lowest BCUT2D eigenvalue weighted by Crippen LogP contribution is -2.44. The molecule has 1 aliphatic rings. The lowest BCUT2D eigenvalue weighted by Gasteiger charge is -2.22. The Hall–Kier alpha value is -2.28. The first-order valence-corrected chi connectivity index (χ1v) is 8.48. The van der Waals surface area contributed by atoms with Crippen LogP contribution in [0.15, 0.2) is 30.5 Å². The lowest BCUT2D eigenvalue weighted by atomic mass is 10.1. The number of rotatable bonds is 3. The summed E-state index contributed by atoms with van der Waals surface area (Å²) in [6, 6.07) is 7.01. The minimum atomic E-state index is -0.475. The van der Waals surface area contributed by atoms with Crippen LogP contribution in [0.1, 0.15) is 21.6 Å². The van der Waals surface area contributed by atoms with Gasteiger partial charge in [-0.3, -0.25) is 14.7 Å². The number of carbonyl (C=O) groups is 2. The number of aromatic amines is 1. The van der Waals surface area contributed by atoms with Crippen molar-refractivity contribution in [2.75, 3.05) is 16.9 Å². The molecule has 1 saturated heterocycles. The average molecular weight is 330 g/mol. The molecule has 1 aliphatic heterocycles. The van der Waals surface area contributed by atoms with Crippen molar-refractivity contribution in [1.82, 2.24) is 15.1 Å². The molecule has 1 aromatic heterocycles. The molecule has 2 amide bonds. The Bertz CT molecular complexity index is 730. The Kier molecular flexibility index (Phi) is 4.38. The van der Waals surface area contributed by atoms with Gasteiger partial charge in [0.05, 0.1) is 5.88 Å². The van der Waals surface area contributed by atoms with Crippen LogP contribution in [0, 0.1) is 13.8 Å². The third-order valence-corrected chi connectivity index (χ3v) is 4.83. The molecule has 1 fully saturated rings. The van der Waals surface area contributed by atoms with Gasteiger partial charge in [-0.2, -0.15) is 5.10 Å². The monoisotopic (exact) mass is 330 g/mol. The maximum atomic E-state index is 12.6. The molecular weight excluding hydrogens is 312 g/mol. The summed E-state index contributed by atoms with van der Waals surface area (Å²) >= 11 is 1.57. The molecule has 0 unspecified atom stereocenters. The molecule has 1 atom stereocenters. The van der Waals surface area contributed by atoms with Crippen LogP contribution in [-0.2, 0) is 4.79 Å². The van der Waals surface area contributed by atoms with Crippen LogP contribution in [0.5, 0.6) is 0 Å². The third-order valence-electron chi connectivity index (χ3n) is 3.82. The van der Waals surface area contributed by atoms with E-state index >= 15 is 0 Å². The fraction of sp³-hybridized carbons (Fsp3) is 0.312. The number of hydrogen-bond donors (Lipinski definition) is 2. The van der Waals surface area contributed by atoms with Crippen LogP contribution in [0.3, 0.4) is 0 Å². The summed E-state index contributed by atoms with van der Waals surface area (Å²) in [6.07, 6.45) is 1.53. The van der Waals surface area contributed by atoms with Crippen molar-refractivity contribution in [2.45, 2.75) is 19.9 Å². The van der Waals surface area contributed by atoms with E-state index in [0.29, 0.717) is 17.3 Å². The molecule has 7 heteroatoms. The van der Waals surface area contributed by atoms with Gasteiger partial charge in [0.15, 0.2) is 0 Å². The second-order valence-corrected chi connectivity index (χ2v) is 6.57. The molecule has 0 spiro atoms. The van der Waals surface area contributed by atoms with Gasteiger partial charge in [0, 0.05) is 17.6 Å². The number of H-pyrrole nitrogens is 1. The van der Waals surface area contributed by atoms with E-state index in [-0.39, 0.29) is 11.8 Å². The van der Waals surface area contributed by atoms with E-state index in [2.05, 4.69) is 15.5 Å². The first-order valence-electron chi connectivity index (χ1n) is 7.32. The van der Waals surface area contributed by atoms with Crippen LogP contribution in [-0.4, -0.2) is 44.6 Å². The van der Waals surface area contributed by atoms with Crippen LogP contribution >= 0.6 is 11.8 Å². The van der Waals surface area contributed by atoms with E-state index in [1.165, 1.54) is 6.20 Å². The summed E-state index contributed by atoms with van der Waals surface area (Å²) in [7, 11) is 0. The zero-order chi connectivity index (χ0) is 16.4. The van der Waals surface area contributed by atoms with Crippen LogP contribution in [0.4, 0.5) is 5.69 Å².